The van der Waals surface area contributed by atoms with Crippen LogP contribution in [0.2, 0.25) is 10.0 Å². The largest absolute Gasteiger partial charge is 0.487 e. The molecule has 1 aliphatic rings. The number of hydrogen-bond acceptors (Lipinski definition) is 3. The number of nitrogens with zero attached hydrogens (tertiary/aromatic N) is 2. The number of carbonyl (C=O) groups excluding carboxylic acids is 1. The monoisotopic (exact) mass is 532 g/mol. The van der Waals surface area contributed by atoms with Crippen LogP contribution in [0.1, 0.15) is 21.5 Å². The number of carbonyl (C=O) groups is 1. The van der Waals surface area contributed by atoms with Gasteiger partial charge in [0.05, 0.1) is 5.02 Å². The van der Waals surface area contributed by atoms with Gasteiger partial charge in [-0.3, -0.25) is 9.69 Å². The maximum absolute atomic E-state index is 13.1. The Bertz CT molecular complexity index is 1100. The lowest BCUT2D eigenvalue weighted by Crippen LogP contribution is -2.48. The molecule has 3 aromatic rings. The number of benzene rings is 3. The first kappa shape index (κ1) is 23.1. The highest BCUT2D eigenvalue weighted by atomic mass is 79.9. The van der Waals surface area contributed by atoms with Crippen molar-refractivity contribution >= 4 is 45.0 Å². The second-order valence-electron chi connectivity index (χ2n) is 7.72. The van der Waals surface area contributed by atoms with Crippen LogP contribution in [-0.4, -0.2) is 41.9 Å². The number of hydrogen-bond donors (Lipinski definition) is 0. The van der Waals surface area contributed by atoms with E-state index in [9.17, 15) is 4.79 Å². The van der Waals surface area contributed by atoms with Crippen LogP contribution >= 0.6 is 39.1 Å². The second-order valence-corrected chi connectivity index (χ2v) is 9.42. The lowest BCUT2D eigenvalue weighted by atomic mass is 10.1. The molecule has 1 fully saturated rings. The predicted octanol–water partition coefficient (Wildman–Crippen LogP) is 6.29. The Morgan fingerprint density at radius 3 is 2.47 bits per heavy atom. The zero-order valence-corrected chi connectivity index (χ0v) is 20.5. The summed E-state index contributed by atoms with van der Waals surface area (Å²) >= 11 is 15.7. The van der Waals surface area contributed by atoms with Gasteiger partial charge >= 0.3 is 0 Å². The van der Waals surface area contributed by atoms with E-state index in [-0.39, 0.29) is 5.91 Å². The fraction of sp³-hybridized carbons (Fsp3) is 0.240. The Labute approximate surface area is 206 Å². The van der Waals surface area contributed by atoms with Gasteiger partial charge in [-0.1, -0.05) is 69.5 Å². The van der Waals surface area contributed by atoms with Crippen LogP contribution in [0.25, 0.3) is 0 Å². The van der Waals surface area contributed by atoms with E-state index in [4.69, 9.17) is 27.9 Å². The fourth-order valence-electron chi connectivity index (χ4n) is 3.71. The second kappa shape index (κ2) is 10.7. The van der Waals surface area contributed by atoms with Crippen molar-refractivity contribution in [1.82, 2.24) is 9.80 Å². The minimum absolute atomic E-state index is 0.0527. The summed E-state index contributed by atoms with van der Waals surface area (Å²) in [5.74, 6) is 0.617. The summed E-state index contributed by atoms with van der Waals surface area (Å²) in [6.07, 6.45) is 0. The van der Waals surface area contributed by atoms with Crippen molar-refractivity contribution in [1.29, 1.82) is 0 Å². The summed E-state index contributed by atoms with van der Waals surface area (Å²) in [5.41, 5.74) is 2.85. The fourth-order valence-corrected chi connectivity index (χ4v) is 4.58. The maximum Gasteiger partial charge on any atom is 0.253 e. The Morgan fingerprint density at radius 1 is 0.938 bits per heavy atom. The van der Waals surface area contributed by atoms with E-state index in [0.29, 0.717) is 41.1 Å². The molecule has 166 valence electrons. The molecule has 1 aliphatic heterocycles. The maximum atomic E-state index is 13.1. The average molecular weight is 534 g/mol. The third-order valence-corrected chi connectivity index (χ3v) is 6.78. The number of halogens is 3. The van der Waals surface area contributed by atoms with Crippen molar-refractivity contribution in [3.05, 3.63) is 97.9 Å². The van der Waals surface area contributed by atoms with Crippen molar-refractivity contribution in [2.45, 2.75) is 13.2 Å². The van der Waals surface area contributed by atoms with Crippen molar-refractivity contribution in [3.63, 3.8) is 0 Å². The molecule has 0 saturated carbocycles. The molecule has 0 unspecified atom stereocenters. The van der Waals surface area contributed by atoms with Crippen molar-refractivity contribution in [2.24, 2.45) is 0 Å². The van der Waals surface area contributed by atoms with Crippen LogP contribution < -0.4 is 4.74 Å². The lowest BCUT2D eigenvalue weighted by Gasteiger charge is -2.35. The highest BCUT2D eigenvalue weighted by molar-refractivity contribution is 9.10. The summed E-state index contributed by atoms with van der Waals surface area (Å²) in [4.78, 5) is 17.4. The molecular formula is C25H23BrCl2N2O2. The van der Waals surface area contributed by atoms with E-state index < -0.39 is 0 Å². The van der Waals surface area contributed by atoms with Crippen LogP contribution in [0.3, 0.4) is 0 Å². The lowest BCUT2D eigenvalue weighted by molar-refractivity contribution is 0.0628. The summed E-state index contributed by atoms with van der Waals surface area (Å²) in [7, 11) is 0. The summed E-state index contributed by atoms with van der Waals surface area (Å²) in [6, 6.07) is 21.0. The molecule has 3 aromatic carbocycles. The molecule has 0 atom stereocenters. The molecule has 0 bridgehead atoms. The molecule has 32 heavy (non-hydrogen) atoms. The zero-order valence-electron chi connectivity index (χ0n) is 17.4. The Kier molecular flexibility index (Phi) is 7.74. The van der Waals surface area contributed by atoms with Gasteiger partial charge in [0, 0.05) is 47.8 Å². The first-order valence-electron chi connectivity index (χ1n) is 10.4. The molecule has 1 saturated heterocycles. The van der Waals surface area contributed by atoms with E-state index in [1.807, 2.05) is 35.2 Å². The van der Waals surface area contributed by atoms with Gasteiger partial charge in [0.15, 0.2) is 0 Å². The van der Waals surface area contributed by atoms with Crippen LogP contribution in [0, 0.1) is 0 Å². The topological polar surface area (TPSA) is 32.8 Å². The zero-order chi connectivity index (χ0) is 22.5. The molecular weight excluding hydrogens is 511 g/mol. The third kappa shape index (κ3) is 5.84. The first-order chi connectivity index (χ1) is 15.5. The SMILES string of the molecule is O=C(c1cccc(COc2ccc(Cl)cc2Cl)c1)N1CCN(Cc2ccccc2Br)CC1. The van der Waals surface area contributed by atoms with Gasteiger partial charge in [0.2, 0.25) is 0 Å². The highest BCUT2D eigenvalue weighted by Crippen LogP contribution is 2.28. The van der Waals surface area contributed by atoms with Crippen molar-refractivity contribution in [2.75, 3.05) is 26.2 Å². The number of rotatable bonds is 6. The normalized spacial score (nSPS) is 14.4. The quantitative estimate of drug-likeness (QED) is 0.373. The smallest absolute Gasteiger partial charge is 0.253 e. The van der Waals surface area contributed by atoms with Gasteiger partial charge in [0.1, 0.15) is 12.4 Å². The molecule has 0 aliphatic carbocycles. The van der Waals surface area contributed by atoms with Gasteiger partial charge in [-0.2, -0.15) is 0 Å². The number of amides is 1. The van der Waals surface area contributed by atoms with Gasteiger partial charge in [-0.25, -0.2) is 0 Å². The van der Waals surface area contributed by atoms with Gasteiger partial charge in [0.25, 0.3) is 5.91 Å². The van der Waals surface area contributed by atoms with Crippen molar-refractivity contribution in [3.8, 4) is 5.75 Å². The van der Waals surface area contributed by atoms with E-state index in [1.54, 1.807) is 18.2 Å². The van der Waals surface area contributed by atoms with Crippen molar-refractivity contribution < 1.29 is 9.53 Å². The molecule has 0 spiro atoms. The molecule has 1 heterocycles. The Hall–Kier alpha value is -2.05. The molecule has 0 N–H and O–H groups in total. The van der Waals surface area contributed by atoms with E-state index in [1.165, 1.54) is 5.56 Å². The molecule has 0 radical (unpaired) electrons. The average Bonchev–Trinajstić information content (AvgIpc) is 2.80. The van der Waals surface area contributed by atoms with Crippen LogP contribution in [0.4, 0.5) is 0 Å². The molecule has 7 heteroatoms. The first-order valence-corrected chi connectivity index (χ1v) is 12.0. The molecule has 1 amide bonds. The van der Waals surface area contributed by atoms with Crippen LogP contribution in [0.5, 0.6) is 5.75 Å². The van der Waals surface area contributed by atoms with Crippen LogP contribution in [-0.2, 0) is 13.2 Å². The summed E-state index contributed by atoms with van der Waals surface area (Å²) in [6.45, 7) is 4.33. The third-order valence-electron chi connectivity index (χ3n) is 5.47. The van der Waals surface area contributed by atoms with Gasteiger partial charge in [-0.05, 0) is 47.5 Å². The van der Waals surface area contributed by atoms with Gasteiger partial charge in [-0.15, -0.1) is 0 Å². The van der Waals surface area contributed by atoms with Crippen LogP contribution in [0.15, 0.2) is 71.2 Å². The predicted molar refractivity (Wildman–Crippen MR) is 133 cm³/mol. The molecule has 0 aromatic heterocycles. The minimum Gasteiger partial charge on any atom is -0.487 e. The number of ether oxygens (including phenoxy) is 1. The standard InChI is InChI=1S/C25H23BrCl2N2O2/c26-22-7-2-1-5-20(22)16-29-10-12-30(13-11-29)25(31)19-6-3-4-18(14-19)17-32-24-9-8-21(27)15-23(24)28/h1-9,14-15H,10-13,16-17H2. The van der Waals surface area contributed by atoms with Gasteiger partial charge < -0.3 is 9.64 Å². The highest BCUT2D eigenvalue weighted by Gasteiger charge is 2.22. The van der Waals surface area contributed by atoms with E-state index >= 15 is 0 Å². The molecule has 4 rings (SSSR count). The Balaban J connectivity index is 1.33. The Morgan fingerprint density at radius 2 is 1.72 bits per heavy atom. The molecule has 4 nitrogen and oxygen atoms in total. The minimum atomic E-state index is 0.0527. The number of piperazine rings is 1. The summed E-state index contributed by atoms with van der Waals surface area (Å²) < 4.78 is 6.93. The summed E-state index contributed by atoms with van der Waals surface area (Å²) in [5, 5.41) is 1.02. The van der Waals surface area contributed by atoms with E-state index in [2.05, 4.69) is 39.0 Å². The van der Waals surface area contributed by atoms with E-state index in [0.717, 1.165) is 29.7 Å².